The molecule has 0 aliphatic heterocycles. The van der Waals surface area contributed by atoms with E-state index >= 15 is 0 Å². The van der Waals surface area contributed by atoms with Gasteiger partial charge in [0.05, 0.1) is 0 Å². The molecule has 1 N–H and O–H groups in total. The molecule has 5 nitrogen and oxygen atoms in total. The molecule has 0 aliphatic rings. The van der Waals surface area contributed by atoms with Crippen LogP contribution in [-0.4, -0.2) is 16.9 Å². The van der Waals surface area contributed by atoms with Crippen molar-refractivity contribution in [2.45, 2.75) is 19.1 Å². The summed E-state index contributed by atoms with van der Waals surface area (Å²) in [6.45, 7) is 0.0775. The Labute approximate surface area is 179 Å². The highest BCUT2D eigenvalue weighted by atomic mass is 32.1. The van der Waals surface area contributed by atoms with Gasteiger partial charge >= 0.3 is 6.18 Å². The minimum atomic E-state index is -4.80. The van der Waals surface area contributed by atoms with Crippen LogP contribution in [0.4, 0.5) is 13.2 Å². The van der Waals surface area contributed by atoms with Crippen LogP contribution in [0.15, 0.2) is 54.6 Å². The van der Waals surface area contributed by atoms with E-state index in [1.54, 1.807) is 30.3 Å². The largest absolute Gasteiger partial charge is 0.550 e. The van der Waals surface area contributed by atoms with E-state index in [1.807, 2.05) is 0 Å². The van der Waals surface area contributed by atoms with Crippen molar-refractivity contribution in [1.82, 2.24) is 10.3 Å². The van der Waals surface area contributed by atoms with Crippen LogP contribution in [0.25, 0.3) is 0 Å². The Bertz CT molecular complexity index is 1140. The van der Waals surface area contributed by atoms with Gasteiger partial charge in [-0.1, -0.05) is 59.7 Å². The number of carboxylic acid groups (broad SMARTS) is 1. The summed E-state index contributed by atoms with van der Waals surface area (Å²) >= 11 is 0.558. The summed E-state index contributed by atoms with van der Waals surface area (Å²) in [4.78, 5) is 25.9. The summed E-state index contributed by atoms with van der Waals surface area (Å²) in [6.07, 6.45) is -5.06. The third kappa shape index (κ3) is 6.17. The summed E-state index contributed by atoms with van der Waals surface area (Å²) in [5.74, 6) is 3.09. The summed E-state index contributed by atoms with van der Waals surface area (Å²) in [5, 5.41) is 12.9. The maximum Gasteiger partial charge on any atom is 0.435 e. The normalized spacial score (nSPS) is 10.8. The van der Waals surface area contributed by atoms with Crippen molar-refractivity contribution in [2.75, 3.05) is 0 Å². The van der Waals surface area contributed by atoms with Crippen molar-refractivity contribution in [3.63, 3.8) is 0 Å². The molecule has 31 heavy (non-hydrogen) atoms. The number of hydrogen-bond acceptors (Lipinski definition) is 5. The second-order valence-corrected chi connectivity index (χ2v) is 7.36. The molecular weight excluding hydrogens is 429 g/mol. The number of alkyl halides is 3. The van der Waals surface area contributed by atoms with Crippen molar-refractivity contribution in [3.8, 4) is 11.8 Å². The predicted molar refractivity (Wildman–Crippen MR) is 106 cm³/mol. The first-order chi connectivity index (χ1) is 14.7. The van der Waals surface area contributed by atoms with Gasteiger partial charge in [-0.15, -0.1) is 0 Å². The molecule has 1 amide bonds. The molecular formula is C22H14F3N2O3S-. The van der Waals surface area contributed by atoms with Crippen molar-refractivity contribution in [1.29, 1.82) is 0 Å². The third-order valence-corrected chi connectivity index (χ3v) is 4.98. The number of aromatic nitrogens is 1. The molecule has 0 atom stereocenters. The minimum Gasteiger partial charge on any atom is -0.550 e. The van der Waals surface area contributed by atoms with Gasteiger partial charge in [0, 0.05) is 24.5 Å². The molecule has 2 aromatic carbocycles. The standard InChI is InChI=1S/C22H15F3N2O3S/c23-22(24,25)20-19(21(30)26-13-16-4-2-1-3-5-16)31-17(27-20)11-10-14-6-8-15(9-7-14)12-18(28)29/h1-9H,12-13H2,(H,26,30)(H,28,29)/p-1. The second-order valence-electron chi connectivity index (χ2n) is 6.36. The zero-order valence-corrected chi connectivity index (χ0v) is 16.6. The van der Waals surface area contributed by atoms with E-state index in [0.29, 0.717) is 22.5 Å². The minimum absolute atomic E-state index is 0.0775. The first-order valence-electron chi connectivity index (χ1n) is 8.93. The fraction of sp³-hybridized carbons (Fsp3) is 0.136. The van der Waals surface area contributed by atoms with Crippen molar-refractivity contribution in [3.05, 3.63) is 86.9 Å². The average molecular weight is 443 g/mol. The molecule has 0 radical (unpaired) electrons. The van der Waals surface area contributed by atoms with Gasteiger partial charge in [0.15, 0.2) is 10.7 Å². The van der Waals surface area contributed by atoms with E-state index in [0.717, 1.165) is 5.56 Å². The van der Waals surface area contributed by atoms with E-state index in [2.05, 4.69) is 22.1 Å². The molecule has 158 valence electrons. The van der Waals surface area contributed by atoms with Crippen molar-refractivity contribution < 1.29 is 27.9 Å². The van der Waals surface area contributed by atoms with E-state index in [1.165, 1.54) is 24.3 Å². The van der Waals surface area contributed by atoms with Crippen LogP contribution in [-0.2, 0) is 23.9 Å². The average Bonchev–Trinajstić information content (AvgIpc) is 3.17. The van der Waals surface area contributed by atoms with E-state index < -0.39 is 28.6 Å². The van der Waals surface area contributed by atoms with Crippen LogP contribution in [0.3, 0.4) is 0 Å². The number of rotatable bonds is 5. The Morgan fingerprint density at radius 1 is 1.00 bits per heavy atom. The summed E-state index contributed by atoms with van der Waals surface area (Å²) < 4.78 is 40.1. The van der Waals surface area contributed by atoms with Gasteiger partial charge in [0.25, 0.3) is 5.91 Å². The molecule has 0 spiro atoms. The van der Waals surface area contributed by atoms with E-state index in [-0.39, 0.29) is 18.0 Å². The summed E-state index contributed by atoms with van der Waals surface area (Å²) in [5.41, 5.74) is 0.435. The monoisotopic (exact) mass is 443 g/mol. The van der Waals surface area contributed by atoms with Gasteiger partial charge in [-0.05, 0) is 29.2 Å². The molecule has 0 bridgehead atoms. The van der Waals surface area contributed by atoms with E-state index in [4.69, 9.17) is 0 Å². The number of nitrogens with one attached hydrogen (secondary N) is 1. The fourth-order valence-electron chi connectivity index (χ4n) is 2.58. The Morgan fingerprint density at radius 3 is 2.29 bits per heavy atom. The van der Waals surface area contributed by atoms with Crippen LogP contribution < -0.4 is 10.4 Å². The molecule has 9 heteroatoms. The number of carbonyl (C=O) groups is 2. The molecule has 0 fully saturated rings. The molecule has 3 aromatic rings. The number of carboxylic acids is 1. The molecule has 0 aliphatic carbocycles. The number of halogens is 3. The van der Waals surface area contributed by atoms with Crippen molar-refractivity contribution in [2.24, 2.45) is 0 Å². The highest BCUT2D eigenvalue weighted by Gasteiger charge is 2.39. The lowest BCUT2D eigenvalue weighted by Crippen LogP contribution is -2.24. The Balaban J connectivity index is 1.80. The highest BCUT2D eigenvalue weighted by molar-refractivity contribution is 7.14. The Morgan fingerprint density at radius 2 is 1.68 bits per heavy atom. The van der Waals surface area contributed by atoms with E-state index in [9.17, 15) is 27.9 Å². The number of nitrogens with zero attached hydrogens (tertiary/aromatic N) is 1. The second kappa shape index (κ2) is 9.45. The molecule has 1 heterocycles. The summed E-state index contributed by atoms with van der Waals surface area (Å²) in [7, 11) is 0. The van der Waals surface area contributed by atoms with Gasteiger partial charge in [-0.2, -0.15) is 13.2 Å². The zero-order chi connectivity index (χ0) is 22.4. The smallest absolute Gasteiger partial charge is 0.435 e. The molecule has 0 saturated heterocycles. The molecule has 1 aromatic heterocycles. The molecule has 0 saturated carbocycles. The van der Waals surface area contributed by atoms with Gasteiger partial charge < -0.3 is 15.2 Å². The fourth-order valence-corrected chi connectivity index (χ4v) is 3.43. The Hall–Kier alpha value is -3.64. The van der Waals surface area contributed by atoms with Gasteiger partial charge in [0.1, 0.15) is 4.88 Å². The quantitative estimate of drug-likeness (QED) is 0.615. The Kier molecular flexibility index (Phi) is 6.72. The lowest BCUT2D eigenvalue weighted by Gasteiger charge is -2.07. The number of carbonyl (C=O) groups excluding carboxylic acids is 2. The third-order valence-electron chi connectivity index (χ3n) is 4.01. The van der Waals surface area contributed by atoms with Gasteiger partial charge in [-0.25, -0.2) is 4.98 Å². The van der Waals surface area contributed by atoms with Crippen LogP contribution in [0.5, 0.6) is 0 Å². The SMILES string of the molecule is O=C([O-])Cc1ccc(C#Cc2nc(C(F)(F)F)c(C(=O)NCc3ccccc3)s2)cc1. The number of hydrogen-bond donors (Lipinski definition) is 1. The first-order valence-corrected chi connectivity index (χ1v) is 9.75. The predicted octanol–water partition coefficient (Wildman–Crippen LogP) is 2.78. The number of amides is 1. The van der Waals surface area contributed by atoms with Crippen LogP contribution in [0.1, 0.15) is 37.1 Å². The molecule has 0 unspecified atom stereocenters. The topological polar surface area (TPSA) is 82.1 Å². The van der Waals surface area contributed by atoms with Gasteiger partial charge in [-0.3, -0.25) is 4.79 Å². The maximum absolute atomic E-state index is 13.4. The van der Waals surface area contributed by atoms with Gasteiger partial charge in [0.2, 0.25) is 0 Å². The zero-order valence-electron chi connectivity index (χ0n) is 15.8. The lowest BCUT2D eigenvalue weighted by atomic mass is 10.1. The summed E-state index contributed by atoms with van der Waals surface area (Å²) in [6, 6.07) is 14.9. The number of aliphatic carboxylic acids is 1. The van der Waals surface area contributed by atoms with Crippen LogP contribution in [0, 0.1) is 11.8 Å². The first kappa shape index (κ1) is 22.1. The highest BCUT2D eigenvalue weighted by Crippen LogP contribution is 2.34. The molecule has 3 rings (SSSR count). The van der Waals surface area contributed by atoms with Crippen molar-refractivity contribution >= 4 is 23.2 Å². The maximum atomic E-state index is 13.4. The number of benzene rings is 2. The van der Waals surface area contributed by atoms with Crippen LogP contribution in [0.2, 0.25) is 0 Å². The number of thiazole rings is 1. The van der Waals surface area contributed by atoms with Crippen LogP contribution >= 0.6 is 11.3 Å². The lowest BCUT2D eigenvalue weighted by molar-refractivity contribution is -0.304.